The maximum atomic E-state index is 11.7. The Balaban J connectivity index is 1.58. The molecule has 1 N–H and O–H groups in total. The number of hydrogen-bond acceptors (Lipinski definition) is 2. The van der Waals surface area contributed by atoms with Crippen molar-refractivity contribution in [2.75, 3.05) is 0 Å². The summed E-state index contributed by atoms with van der Waals surface area (Å²) in [4.78, 5) is 11.7. The molecule has 4 unspecified atom stereocenters. The lowest BCUT2D eigenvalue weighted by molar-refractivity contribution is -0.128. The Morgan fingerprint density at radius 2 is 1.85 bits per heavy atom. The monoisotopic (exact) mass is 276 g/mol. The number of ketones is 1. The van der Waals surface area contributed by atoms with E-state index in [0.717, 1.165) is 49.4 Å². The smallest absolute Gasteiger partial charge is 0.133 e. The quantitative estimate of drug-likeness (QED) is 0.734. The summed E-state index contributed by atoms with van der Waals surface area (Å²) in [6.07, 6.45) is 10.2. The number of carbonyl (C=O) groups excluding carboxylic acids is 1. The van der Waals surface area contributed by atoms with E-state index in [1.807, 2.05) is 0 Å². The van der Waals surface area contributed by atoms with E-state index in [1.165, 1.54) is 32.1 Å². The maximum absolute atomic E-state index is 11.7. The van der Waals surface area contributed by atoms with Gasteiger partial charge in [0.2, 0.25) is 0 Å². The number of rotatable bonds is 0. The molecule has 0 aromatic heterocycles. The number of aliphatic hydroxyl groups excluding tert-OH is 1. The topological polar surface area (TPSA) is 37.3 Å². The predicted molar refractivity (Wildman–Crippen MR) is 78.1 cm³/mol. The Kier molecular flexibility index (Phi) is 3.03. The highest BCUT2D eigenvalue weighted by Crippen LogP contribution is 2.62. The molecule has 0 spiro atoms. The van der Waals surface area contributed by atoms with Gasteiger partial charge < -0.3 is 5.11 Å². The lowest BCUT2D eigenvalue weighted by Crippen LogP contribution is -2.49. The SMILES string of the molecule is C[C@]12CCC3C(CC[C@H]4CC(=O)CCC34)C1CC[C@@H]2O. The number of hydrogen-bond donors (Lipinski definition) is 1. The molecule has 4 saturated carbocycles. The zero-order chi connectivity index (χ0) is 13.9. The van der Waals surface area contributed by atoms with Crippen molar-refractivity contribution in [3.05, 3.63) is 0 Å². The molecular weight excluding hydrogens is 248 g/mol. The van der Waals surface area contributed by atoms with Crippen LogP contribution in [0, 0.1) is 35.0 Å². The zero-order valence-corrected chi connectivity index (χ0v) is 12.7. The Hall–Kier alpha value is -0.370. The minimum atomic E-state index is -0.0564. The lowest BCUT2D eigenvalue weighted by Gasteiger charge is -2.55. The van der Waals surface area contributed by atoms with Crippen LogP contribution in [0.2, 0.25) is 0 Å². The van der Waals surface area contributed by atoms with Crippen molar-refractivity contribution in [1.29, 1.82) is 0 Å². The van der Waals surface area contributed by atoms with Crippen LogP contribution in [0.3, 0.4) is 0 Å². The molecule has 0 aromatic rings. The number of Topliss-reactive ketones (excluding diaryl/α,β-unsaturated/α-hetero) is 1. The summed E-state index contributed by atoms with van der Waals surface area (Å²) in [5.41, 5.74) is 0.207. The van der Waals surface area contributed by atoms with Crippen LogP contribution in [0.4, 0.5) is 0 Å². The first kappa shape index (κ1) is 13.3. The fraction of sp³-hybridized carbons (Fsp3) is 0.944. The minimum Gasteiger partial charge on any atom is -0.393 e. The molecule has 0 aromatic carbocycles. The molecule has 4 rings (SSSR count). The number of carbonyl (C=O) groups is 1. The Bertz CT molecular complexity index is 418. The van der Waals surface area contributed by atoms with Crippen LogP contribution < -0.4 is 0 Å². The zero-order valence-electron chi connectivity index (χ0n) is 12.7. The minimum absolute atomic E-state index is 0.0564. The van der Waals surface area contributed by atoms with Crippen LogP contribution in [0.1, 0.15) is 64.7 Å². The van der Waals surface area contributed by atoms with Gasteiger partial charge in [0.05, 0.1) is 6.10 Å². The fourth-order valence-corrected chi connectivity index (χ4v) is 6.63. The molecule has 0 heterocycles. The van der Waals surface area contributed by atoms with E-state index >= 15 is 0 Å². The summed E-state index contributed by atoms with van der Waals surface area (Å²) in [5, 5.41) is 10.4. The molecule has 4 aliphatic carbocycles. The highest BCUT2D eigenvalue weighted by atomic mass is 16.3. The standard InChI is InChI=1S/C18H28O2/c1-18-9-8-14-13-5-3-12(19)10-11(13)2-4-15(14)16(18)6-7-17(18)20/h11,13-17,20H,2-10H2,1H3/t11-,13?,14?,15?,16?,17-,18-/m0/s1. The van der Waals surface area contributed by atoms with E-state index in [2.05, 4.69) is 6.92 Å². The first-order valence-electron chi connectivity index (χ1n) is 8.79. The molecule has 0 radical (unpaired) electrons. The van der Waals surface area contributed by atoms with Gasteiger partial charge in [0.15, 0.2) is 0 Å². The lowest BCUT2D eigenvalue weighted by atomic mass is 9.50. The molecule has 2 nitrogen and oxygen atoms in total. The molecule has 4 fully saturated rings. The molecular formula is C18H28O2. The first-order chi connectivity index (χ1) is 9.59. The van der Waals surface area contributed by atoms with Gasteiger partial charge >= 0.3 is 0 Å². The largest absolute Gasteiger partial charge is 0.393 e. The average molecular weight is 276 g/mol. The highest BCUT2D eigenvalue weighted by molar-refractivity contribution is 5.79. The van der Waals surface area contributed by atoms with Crippen LogP contribution in [-0.4, -0.2) is 17.0 Å². The maximum Gasteiger partial charge on any atom is 0.133 e. The van der Waals surface area contributed by atoms with Gasteiger partial charge in [0, 0.05) is 12.8 Å². The third kappa shape index (κ3) is 1.76. The molecule has 0 saturated heterocycles. The molecule has 7 atom stereocenters. The normalized spacial score (nSPS) is 55.0. The Morgan fingerprint density at radius 3 is 2.70 bits per heavy atom. The van der Waals surface area contributed by atoms with Crippen molar-refractivity contribution in [3.63, 3.8) is 0 Å². The van der Waals surface area contributed by atoms with Crippen LogP contribution in [0.25, 0.3) is 0 Å². The van der Waals surface area contributed by atoms with E-state index in [9.17, 15) is 9.90 Å². The van der Waals surface area contributed by atoms with Gasteiger partial charge in [-0.15, -0.1) is 0 Å². The van der Waals surface area contributed by atoms with E-state index in [-0.39, 0.29) is 11.5 Å². The second kappa shape index (κ2) is 4.56. The van der Waals surface area contributed by atoms with Crippen LogP contribution in [0.15, 0.2) is 0 Å². The number of aliphatic hydroxyl groups is 1. The van der Waals surface area contributed by atoms with Crippen LogP contribution in [-0.2, 0) is 4.79 Å². The molecule has 0 aliphatic heterocycles. The molecule has 0 bridgehead atoms. The fourth-order valence-electron chi connectivity index (χ4n) is 6.63. The van der Waals surface area contributed by atoms with E-state index < -0.39 is 0 Å². The van der Waals surface area contributed by atoms with Gasteiger partial charge in [0.25, 0.3) is 0 Å². The summed E-state index contributed by atoms with van der Waals surface area (Å²) < 4.78 is 0. The average Bonchev–Trinajstić information content (AvgIpc) is 2.74. The Labute approximate surface area is 122 Å². The van der Waals surface area contributed by atoms with Crippen LogP contribution >= 0.6 is 0 Å². The van der Waals surface area contributed by atoms with Crippen molar-refractivity contribution in [2.45, 2.75) is 70.8 Å². The van der Waals surface area contributed by atoms with Gasteiger partial charge in [-0.25, -0.2) is 0 Å². The summed E-state index contributed by atoms with van der Waals surface area (Å²) in [6.45, 7) is 2.35. The van der Waals surface area contributed by atoms with E-state index in [0.29, 0.717) is 11.7 Å². The van der Waals surface area contributed by atoms with Crippen molar-refractivity contribution < 1.29 is 9.90 Å². The van der Waals surface area contributed by atoms with Gasteiger partial charge in [0.1, 0.15) is 5.78 Å². The molecule has 4 aliphatic rings. The molecule has 0 amide bonds. The molecule has 20 heavy (non-hydrogen) atoms. The highest BCUT2D eigenvalue weighted by Gasteiger charge is 2.56. The number of fused-ring (bicyclic) bond motifs is 5. The van der Waals surface area contributed by atoms with Crippen molar-refractivity contribution >= 4 is 5.78 Å². The first-order valence-corrected chi connectivity index (χ1v) is 8.79. The second-order valence-electron chi connectivity index (χ2n) is 8.35. The Morgan fingerprint density at radius 1 is 1.00 bits per heavy atom. The third-order valence-corrected chi connectivity index (χ3v) is 7.72. The van der Waals surface area contributed by atoms with Gasteiger partial charge in [-0.1, -0.05) is 6.92 Å². The summed E-state index contributed by atoms with van der Waals surface area (Å²) >= 11 is 0. The third-order valence-electron chi connectivity index (χ3n) is 7.72. The second-order valence-corrected chi connectivity index (χ2v) is 8.35. The van der Waals surface area contributed by atoms with Crippen LogP contribution in [0.5, 0.6) is 0 Å². The summed E-state index contributed by atoms with van der Waals surface area (Å²) in [6, 6.07) is 0. The van der Waals surface area contributed by atoms with Crippen molar-refractivity contribution in [3.8, 4) is 0 Å². The molecule has 112 valence electrons. The molecule has 2 heteroatoms. The summed E-state index contributed by atoms with van der Waals surface area (Å²) in [7, 11) is 0. The van der Waals surface area contributed by atoms with Crippen molar-refractivity contribution in [2.24, 2.45) is 35.0 Å². The van der Waals surface area contributed by atoms with E-state index in [1.54, 1.807) is 0 Å². The van der Waals surface area contributed by atoms with Crippen molar-refractivity contribution in [1.82, 2.24) is 0 Å². The summed E-state index contributed by atoms with van der Waals surface area (Å²) in [5.74, 6) is 4.52. The van der Waals surface area contributed by atoms with E-state index in [4.69, 9.17) is 0 Å². The predicted octanol–water partition coefficient (Wildman–Crippen LogP) is 3.57. The van der Waals surface area contributed by atoms with Gasteiger partial charge in [-0.05, 0) is 80.0 Å². The van der Waals surface area contributed by atoms with Gasteiger partial charge in [-0.3, -0.25) is 4.79 Å². The van der Waals surface area contributed by atoms with Gasteiger partial charge in [-0.2, -0.15) is 0 Å².